The minimum absolute atomic E-state index is 0.0849. The number of carbonyl (C=O) groups is 1. The lowest BCUT2D eigenvalue weighted by Gasteiger charge is -2.36. The fraction of sp³-hybridized carbons (Fsp3) is 0.348. The first-order valence-electron chi connectivity index (χ1n) is 9.71. The molecular formula is C23H23F3N2O. The SMILES string of the molecule is Cc1ccc2c(c1)[C@@H]1CN(C)CC[C@@H]1N2C(=O)/C=C/c1cccc(C(F)(F)F)c1. The molecule has 2 aromatic carbocycles. The number of piperidine rings is 1. The second-order valence-electron chi connectivity index (χ2n) is 7.95. The van der Waals surface area contributed by atoms with Crippen LogP contribution in [-0.4, -0.2) is 37.0 Å². The summed E-state index contributed by atoms with van der Waals surface area (Å²) in [4.78, 5) is 17.2. The number of fused-ring (bicyclic) bond motifs is 3. The Kier molecular flexibility index (Phi) is 4.99. The molecule has 1 amide bonds. The molecule has 0 saturated carbocycles. The third-order valence-electron chi connectivity index (χ3n) is 5.82. The Hall–Kier alpha value is -2.60. The molecule has 0 aromatic heterocycles. The molecular weight excluding hydrogens is 377 g/mol. The van der Waals surface area contributed by atoms with Gasteiger partial charge in [0, 0.05) is 30.3 Å². The predicted octanol–water partition coefficient (Wildman–Crippen LogP) is 4.86. The van der Waals surface area contributed by atoms with Crippen LogP contribution in [0.1, 0.15) is 34.6 Å². The summed E-state index contributed by atoms with van der Waals surface area (Å²) in [5, 5.41) is 0. The molecule has 0 bridgehead atoms. The fourth-order valence-electron chi connectivity index (χ4n) is 4.43. The van der Waals surface area contributed by atoms with Crippen molar-refractivity contribution in [2.75, 3.05) is 25.0 Å². The molecule has 0 spiro atoms. The first-order valence-corrected chi connectivity index (χ1v) is 9.71. The average Bonchev–Trinajstić information content (AvgIpc) is 2.98. The minimum Gasteiger partial charge on any atom is -0.306 e. The lowest BCUT2D eigenvalue weighted by Crippen LogP contribution is -2.46. The maximum atomic E-state index is 13.1. The summed E-state index contributed by atoms with van der Waals surface area (Å²) in [6, 6.07) is 11.2. The van der Waals surface area contributed by atoms with Crippen LogP contribution in [0, 0.1) is 6.92 Å². The quantitative estimate of drug-likeness (QED) is 0.672. The second kappa shape index (κ2) is 7.34. The number of alkyl halides is 3. The normalized spacial score (nSPS) is 22.0. The van der Waals surface area contributed by atoms with Crippen molar-refractivity contribution in [3.63, 3.8) is 0 Å². The Morgan fingerprint density at radius 3 is 2.72 bits per heavy atom. The van der Waals surface area contributed by atoms with Crippen LogP contribution in [0.15, 0.2) is 48.5 Å². The molecule has 0 aliphatic carbocycles. The minimum atomic E-state index is -4.40. The van der Waals surface area contributed by atoms with Gasteiger partial charge in [-0.2, -0.15) is 13.2 Å². The van der Waals surface area contributed by atoms with Gasteiger partial charge in [0.25, 0.3) is 5.91 Å². The molecule has 29 heavy (non-hydrogen) atoms. The molecule has 0 radical (unpaired) electrons. The molecule has 2 atom stereocenters. The summed E-state index contributed by atoms with van der Waals surface area (Å²) in [5.74, 6) is 0.0686. The lowest BCUT2D eigenvalue weighted by atomic mass is 9.89. The summed E-state index contributed by atoms with van der Waals surface area (Å²) in [6.45, 7) is 3.84. The molecule has 1 fully saturated rings. The van der Waals surface area contributed by atoms with Crippen molar-refractivity contribution >= 4 is 17.7 Å². The van der Waals surface area contributed by atoms with Gasteiger partial charge in [-0.3, -0.25) is 4.79 Å². The smallest absolute Gasteiger partial charge is 0.306 e. The van der Waals surface area contributed by atoms with E-state index in [2.05, 4.69) is 18.0 Å². The van der Waals surface area contributed by atoms with Gasteiger partial charge in [0.15, 0.2) is 0 Å². The third kappa shape index (κ3) is 3.81. The zero-order valence-electron chi connectivity index (χ0n) is 16.4. The van der Waals surface area contributed by atoms with Gasteiger partial charge >= 0.3 is 6.18 Å². The van der Waals surface area contributed by atoms with E-state index < -0.39 is 11.7 Å². The zero-order chi connectivity index (χ0) is 20.8. The van der Waals surface area contributed by atoms with Gasteiger partial charge in [0.2, 0.25) is 0 Å². The Labute approximate surface area is 168 Å². The van der Waals surface area contributed by atoms with Crippen LogP contribution in [-0.2, 0) is 11.0 Å². The number of aryl methyl sites for hydroxylation is 1. The van der Waals surface area contributed by atoms with Crippen LogP contribution in [0.4, 0.5) is 18.9 Å². The maximum Gasteiger partial charge on any atom is 0.416 e. The van der Waals surface area contributed by atoms with E-state index in [9.17, 15) is 18.0 Å². The summed E-state index contributed by atoms with van der Waals surface area (Å²) < 4.78 is 38.8. The highest BCUT2D eigenvalue weighted by atomic mass is 19.4. The number of likely N-dealkylation sites (tertiary alicyclic amines) is 1. The summed E-state index contributed by atoms with van der Waals surface area (Å²) in [6.07, 6.45) is -0.674. The lowest BCUT2D eigenvalue weighted by molar-refractivity contribution is -0.137. The number of hydrogen-bond donors (Lipinski definition) is 0. The first-order chi connectivity index (χ1) is 13.7. The number of likely N-dealkylation sites (N-methyl/N-ethyl adjacent to an activating group) is 1. The van der Waals surface area contributed by atoms with Gasteiger partial charge in [-0.25, -0.2) is 0 Å². The van der Waals surface area contributed by atoms with Crippen LogP contribution in [0.25, 0.3) is 6.08 Å². The molecule has 4 rings (SSSR count). The topological polar surface area (TPSA) is 23.6 Å². The number of rotatable bonds is 2. The van der Waals surface area contributed by atoms with Crippen molar-refractivity contribution in [3.05, 3.63) is 70.8 Å². The van der Waals surface area contributed by atoms with Crippen LogP contribution in [0.2, 0.25) is 0 Å². The molecule has 2 aliphatic heterocycles. The van der Waals surface area contributed by atoms with Gasteiger partial charge in [0.1, 0.15) is 0 Å². The number of hydrogen-bond acceptors (Lipinski definition) is 2. The standard InChI is InChI=1S/C23H23F3N2O/c1-15-6-8-20-18(12-15)19-14-27(2)11-10-21(19)28(20)22(29)9-7-16-4-3-5-17(13-16)23(24,25)26/h3-9,12-13,19,21H,10-11,14H2,1-2H3/b9-7+/t19-,21-/m0/s1. The fourth-order valence-corrected chi connectivity index (χ4v) is 4.43. The monoisotopic (exact) mass is 400 g/mol. The second-order valence-corrected chi connectivity index (χ2v) is 7.95. The number of amides is 1. The van der Waals surface area contributed by atoms with E-state index in [0.29, 0.717) is 5.56 Å². The number of nitrogens with zero attached hydrogens (tertiary/aromatic N) is 2. The van der Waals surface area contributed by atoms with E-state index in [1.165, 1.54) is 23.8 Å². The van der Waals surface area contributed by atoms with Gasteiger partial charge in [0.05, 0.1) is 5.56 Å². The van der Waals surface area contributed by atoms with E-state index in [-0.39, 0.29) is 17.9 Å². The van der Waals surface area contributed by atoms with Crippen molar-refractivity contribution in [3.8, 4) is 0 Å². The molecule has 152 valence electrons. The Bertz CT molecular complexity index is 967. The molecule has 2 aromatic rings. The van der Waals surface area contributed by atoms with Crippen molar-refractivity contribution in [1.82, 2.24) is 4.90 Å². The molecule has 3 nitrogen and oxygen atoms in total. The molecule has 0 N–H and O–H groups in total. The summed E-state index contributed by atoms with van der Waals surface area (Å²) in [5.41, 5.74) is 2.90. The van der Waals surface area contributed by atoms with E-state index in [1.54, 1.807) is 6.07 Å². The summed E-state index contributed by atoms with van der Waals surface area (Å²) >= 11 is 0. The third-order valence-corrected chi connectivity index (χ3v) is 5.82. The molecule has 2 aliphatic rings. The van der Waals surface area contributed by atoms with E-state index in [4.69, 9.17) is 0 Å². The molecule has 6 heteroatoms. The molecule has 0 unspecified atom stereocenters. The van der Waals surface area contributed by atoms with Gasteiger partial charge in [-0.1, -0.05) is 29.8 Å². The Morgan fingerprint density at radius 2 is 1.97 bits per heavy atom. The predicted molar refractivity (Wildman–Crippen MR) is 108 cm³/mol. The van der Waals surface area contributed by atoms with Crippen LogP contribution in [0.5, 0.6) is 0 Å². The average molecular weight is 400 g/mol. The highest BCUT2D eigenvalue weighted by Gasteiger charge is 2.43. The van der Waals surface area contributed by atoms with Crippen LogP contribution >= 0.6 is 0 Å². The first kappa shape index (κ1) is 19.7. The van der Waals surface area contributed by atoms with Crippen molar-refractivity contribution < 1.29 is 18.0 Å². The van der Waals surface area contributed by atoms with Gasteiger partial charge in [-0.05, 0) is 62.3 Å². The number of benzene rings is 2. The number of halogens is 3. The number of carbonyl (C=O) groups excluding carboxylic acids is 1. The van der Waals surface area contributed by atoms with Crippen LogP contribution < -0.4 is 4.90 Å². The van der Waals surface area contributed by atoms with E-state index in [1.807, 2.05) is 24.0 Å². The molecule has 1 saturated heterocycles. The zero-order valence-corrected chi connectivity index (χ0v) is 16.4. The highest BCUT2D eigenvalue weighted by Crippen LogP contribution is 2.45. The largest absolute Gasteiger partial charge is 0.416 e. The van der Waals surface area contributed by atoms with Crippen molar-refractivity contribution in [1.29, 1.82) is 0 Å². The summed E-state index contributed by atoms with van der Waals surface area (Å²) in [7, 11) is 2.09. The van der Waals surface area contributed by atoms with E-state index >= 15 is 0 Å². The molecule has 2 heterocycles. The van der Waals surface area contributed by atoms with Crippen LogP contribution in [0.3, 0.4) is 0 Å². The van der Waals surface area contributed by atoms with Crippen molar-refractivity contribution in [2.45, 2.75) is 31.5 Å². The van der Waals surface area contributed by atoms with Crippen molar-refractivity contribution in [2.24, 2.45) is 0 Å². The Morgan fingerprint density at radius 1 is 1.17 bits per heavy atom. The van der Waals surface area contributed by atoms with Gasteiger partial charge in [-0.15, -0.1) is 0 Å². The van der Waals surface area contributed by atoms with Gasteiger partial charge < -0.3 is 9.80 Å². The highest BCUT2D eigenvalue weighted by molar-refractivity contribution is 6.06. The Balaban J connectivity index is 1.63. The maximum absolute atomic E-state index is 13.1. The number of anilines is 1. The van der Waals surface area contributed by atoms with E-state index in [0.717, 1.165) is 42.9 Å².